The van der Waals surface area contributed by atoms with E-state index < -0.39 is 0 Å². The van der Waals surface area contributed by atoms with Gasteiger partial charge in [0.2, 0.25) is 0 Å². The topological polar surface area (TPSA) is 12.0 Å². The van der Waals surface area contributed by atoms with E-state index in [1.54, 1.807) is 0 Å². The molecule has 2 rings (SSSR count). The van der Waals surface area contributed by atoms with Gasteiger partial charge in [0.15, 0.2) is 0 Å². The number of hydrogen-bond donors (Lipinski definition) is 1. The Balaban J connectivity index is 2.08. The average molecular weight is 160 g/mol. The van der Waals surface area contributed by atoms with Crippen LogP contribution in [0.15, 0.2) is 30.3 Å². The smallest absolute Gasteiger partial charge is 0.0221 e. The quantitative estimate of drug-likeness (QED) is 0.664. The number of hydrogen-bond acceptors (Lipinski definition) is 1. The Kier molecular flexibility index (Phi) is 2.42. The summed E-state index contributed by atoms with van der Waals surface area (Å²) in [6.07, 6.45) is 2.48. The monoisotopic (exact) mass is 160 g/mol. The van der Waals surface area contributed by atoms with Gasteiger partial charge in [-0.15, -0.1) is 0 Å². The van der Waals surface area contributed by atoms with Gasteiger partial charge in [-0.1, -0.05) is 30.3 Å². The lowest BCUT2D eigenvalue weighted by Gasteiger charge is -2.22. The van der Waals surface area contributed by atoms with Gasteiger partial charge in [-0.25, -0.2) is 0 Å². The fourth-order valence-electron chi connectivity index (χ4n) is 1.72. The van der Waals surface area contributed by atoms with Crippen LogP contribution in [0.1, 0.15) is 24.3 Å². The first-order chi connectivity index (χ1) is 5.97. The van der Waals surface area contributed by atoms with Crippen LogP contribution in [0.25, 0.3) is 0 Å². The normalized spacial score (nSPS) is 23.8. The first-order valence-electron chi connectivity index (χ1n) is 4.57. The molecule has 0 saturated carbocycles. The molecule has 1 aliphatic heterocycles. The molecule has 1 N–H and O–H groups in total. The van der Waals surface area contributed by atoms with Crippen molar-refractivity contribution in [3.05, 3.63) is 42.4 Å². The zero-order valence-electron chi connectivity index (χ0n) is 7.16. The first-order valence-corrected chi connectivity index (χ1v) is 4.57. The minimum atomic E-state index is 0.719. The highest BCUT2D eigenvalue weighted by atomic mass is 14.9. The van der Waals surface area contributed by atoms with Crippen molar-refractivity contribution in [3.63, 3.8) is 0 Å². The summed E-state index contributed by atoms with van der Waals surface area (Å²) in [6, 6.07) is 10.8. The summed E-state index contributed by atoms with van der Waals surface area (Å²) >= 11 is 0. The SMILES string of the molecule is [CH]1CCC(c2ccccc2)CN1. The van der Waals surface area contributed by atoms with E-state index in [9.17, 15) is 0 Å². The Morgan fingerprint density at radius 2 is 2.00 bits per heavy atom. The van der Waals surface area contributed by atoms with E-state index >= 15 is 0 Å². The Labute approximate surface area is 73.8 Å². The van der Waals surface area contributed by atoms with Gasteiger partial charge in [0.25, 0.3) is 0 Å². The maximum atomic E-state index is 3.31. The summed E-state index contributed by atoms with van der Waals surface area (Å²) in [7, 11) is 0. The minimum Gasteiger partial charge on any atom is -0.312 e. The second kappa shape index (κ2) is 3.72. The molecule has 1 aromatic carbocycles. The van der Waals surface area contributed by atoms with Crippen LogP contribution >= 0.6 is 0 Å². The van der Waals surface area contributed by atoms with Crippen LogP contribution in [0, 0.1) is 6.54 Å². The fourth-order valence-corrected chi connectivity index (χ4v) is 1.72. The highest BCUT2D eigenvalue weighted by Gasteiger charge is 2.13. The molecule has 1 heterocycles. The van der Waals surface area contributed by atoms with Crippen LogP contribution < -0.4 is 5.32 Å². The number of nitrogens with one attached hydrogen (secondary N) is 1. The first kappa shape index (κ1) is 7.81. The molecule has 1 atom stereocenters. The lowest BCUT2D eigenvalue weighted by Crippen LogP contribution is -2.24. The summed E-state index contributed by atoms with van der Waals surface area (Å²) in [5, 5.41) is 3.31. The third-order valence-electron chi connectivity index (χ3n) is 2.44. The Bertz CT molecular complexity index is 224. The molecule has 1 radical (unpaired) electrons. The third-order valence-corrected chi connectivity index (χ3v) is 2.44. The maximum Gasteiger partial charge on any atom is 0.0221 e. The second-order valence-corrected chi connectivity index (χ2v) is 3.30. The summed E-state index contributed by atoms with van der Waals surface area (Å²) in [5.74, 6) is 0.719. The molecule has 12 heavy (non-hydrogen) atoms. The van der Waals surface area contributed by atoms with Crippen LogP contribution in [0.4, 0.5) is 0 Å². The average Bonchev–Trinajstić information content (AvgIpc) is 2.21. The van der Waals surface area contributed by atoms with Gasteiger partial charge in [0, 0.05) is 13.1 Å². The van der Waals surface area contributed by atoms with Crippen LogP contribution in [0.5, 0.6) is 0 Å². The van der Waals surface area contributed by atoms with E-state index in [-0.39, 0.29) is 0 Å². The van der Waals surface area contributed by atoms with Gasteiger partial charge in [0.05, 0.1) is 0 Å². The van der Waals surface area contributed by atoms with E-state index in [0.717, 1.165) is 12.5 Å². The maximum absolute atomic E-state index is 3.31. The van der Waals surface area contributed by atoms with Crippen molar-refractivity contribution < 1.29 is 0 Å². The van der Waals surface area contributed by atoms with E-state index in [4.69, 9.17) is 0 Å². The summed E-state index contributed by atoms with van der Waals surface area (Å²) in [5.41, 5.74) is 1.47. The Hall–Kier alpha value is -0.820. The van der Waals surface area contributed by atoms with Crippen molar-refractivity contribution in [1.29, 1.82) is 0 Å². The van der Waals surface area contributed by atoms with Gasteiger partial charge in [-0.3, -0.25) is 0 Å². The van der Waals surface area contributed by atoms with Crippen LogP contribution in [-0.2, 0) is 0 Å². The van der Waals surface area contributed by atoms with Gasteiger partial charge in [-0.05, 0) is 24.3 Å². The Morgan fingerprint density at radius 1 is 1.17 bits per heavy atom. The minimum absolute atomic E-state index is 0.719. The standard InChI is InChI=1S/C11H14N/c1-2-5-10(6-3-1)11-7-4-8-12-9-11/h1-3,5-6,8,11-12H,4,7,9H2. The van der Waals surface area contributed by atoms with Crippen molar-refractivity contribution in [2.75, 3.05) is 6.54 Å². The Morgan fingerprint density at radius 3 is 2.67 bits per heavy atom. The predicted molar refractivity (Wildman–Crippen MR) is 50.7 cm³/mol. The number of benzene rings is 1. The molecule has 0 bridgehead atoms. The van der Waals surface area contributed by atoms with Crippen molar-refractivity contribution >= 4 is 0 Å². The molecule has 1 aliphatic rings. The number of piperidine rings is 1. The lowest BCUT2D eigenvalue weighted by molar-refractivity contribution is 0.509. The van der Waals surface area contributed by atoms with E-state index in [1.807, 2.05) is 0 Å². The molecule has 0 aromatic heterocycles. The van der Waals surface area contributed by atoms with Crippen molar-refractivity contribution in [2.24, 2.45) is 0 Å². The summed E-state index contributed by atoms with van der Waals surface area (Å²) < 4.78 is 0. The van der Waals surface area contributed by atoms with E-state index in [2.05, 4.69) is 42.2 Å². The molecule has 1 unspecified atom stereocenters. The molecule has 63 valence electrons. The molecule has 0 spiro atoms. The van der Waals surface area contributed by atoms with Gasteiger partial charge in [-0.2, -0.15) is 0 Å². The largest absolute Gasteiger partial charge is 0.312 e. The van der Waals surface area contributed by atoms with Crippen molar-refractivity contribution in [2.45, 2.75) is 18.8 Å². The second-order valence-electron chi connectivity index (χ2n) is 3.30. The van der Waals surface area contributed by atoms with E-state index in [0.29, 0.717) is 0 Å². The predicted octanol–water partition coefficient (Wildman–Crippen LogP) is 2.32. The molecular formula is C11H14N. The molecule has 0 amide bonds. The van der Waals surface area contributed by atoms with Gasteiger partial charge < -0.3 is 5.32 Å². The lowest BCUT2D eigenvalue weighted by atomic mass is 9.92. The zero-order valence-corrected chi connectivity index (χ0v) is 7.16. The van der Waals surface area contributed by atoms with Crippen LogP contribution in [-0.4, -0.2) is 6.54 Å². The summed E-state index contributed by atoms with van der Waals surface area (Å²) in [6.45, 7) is 3.27. The molecule has 1 nitrogen and oxygen atoms in total. The highest BCUT2D eigenvalue weighted by Crippen LogP contribution is 2.23. The molecular weight excluding hydrogens is 146 g/mol. The number of rotatable bonds is 1. The van der Waals surface area contributed by atoms with Crippen LogP contribution in [0.2, 0.25) is 0 Å². The van der Waals surface area contributed by atoms with E-state index in [1.165, 1.54) is 18.4 Å². The van der Waals surface area contributed by atoms with Crippen molar-refractivity contribution in [1.82, 2.24) is 5.32 Å². The van der Waals surface area contributed by atoms with Crippen molar-refractivity contribution in [3.8, 4) is 0 Å². The molecule has 1 heteroatoms. The van der Waals surface area contributed by atoms with Gasteiger partial charge >= 0.3 is 0 Å². The molecule has 1 aromatic rings. The third kappa shape index (κ3) is 1.67. The molecule has 0 aliphatic carbocycles. The zero-order chi connectivity index (χ0) is 8.23. The summed E-state index contributed by atoms with van der Waals surface area (Å²) in [4.78, 5) is 0. The van der Waals surface area contributed by atoms with Crippen LogP contribution in [0.3, 0.4) is 0 Å². The molecule has 1 saturated heterocycles. The molecule has 1 fully saturated rings. The van der Waals surface area contributed by atoms with Gasteiger partial charge in [0.1, 0.15) is 0 Å². The fraction of sp³-hybridized carbons (Fsp3) is 0.364. The highest BCUT2D eigenvalue weighted by molar-refractivity contribution is 5.20.